The van der Waals surface area contributed by atoms with Gasteiger partial charge in [-0.15, -0.1) is 11.3 Å². The number of rotatable bonds is 2. The molecule has 4 heterocycles. The number of hydrogen-bond acceptors (Lipinski definition) is 6. The van der Waals surface area contributed by atoms with E-state index >= 15 is 0 Å². The van der Waals surface area contributed by atoms with E-state index in [4.69, 9.17) is 9.47 Å². The predicted octanol–water partition coefficient (Wildman–Crippen LogP) is 3.47. The Labute approximate surface area is 163 Å². The summed E-state index contributed by atoms with van der Waals surface area (Å²) in [5, 5.41) is 7.57. The van der Waals surface area contributed by atoms with Gasteiger partial charge in [-0.1, -0.05) is 22.9 Å². The summed E-state index contributed by atoms with van der Waals surface area (Å²) in [6, 6.07) is 3.81. The zero-order valence-corrected chi connectivity index (χ0v) is 16.6. The number of benzene rings is 1. The van der Waals surface area contributed by atoms with Crippen LogP contribution in [0.1, 0.15) is 39.5 Å². The molecule has 0 bridgehead atoms. The van der Waals surface area contributed by atoms with Gasteiger partial charge in [-0.05, 0) is 30.7 Å². The molecule has 0 saturated carbocycles. The minimum absolute atomic E-state index is 0.00392. The number of ether oxygens (including phenoxy) is 2. The first-order valence-electron chi connectivity index (χ1n) is 8.67. The number of fused-ring (bicyclic) bond motifs is 4. The molecule has 0 spiro atoms. The minimum Gasteiger partial charge on any atom is -0.454 e. The fourth-order valence-electron chi connectivity index (χ4n) is 3.75. The second kappa shape index (κ2) is 6.14. The van der Waals surface area contributed by atoms with Crippen LogP contribution in [0.5, 0.6) is 11.5 Å². The van der Waals surface area contributed by atoms with Crippen LogP contribution in [0.4, 0.5) is 5.00 Å². The fourth-order valence-corrected chi connectivity index (χ4v) is 5.62. The van der Waals surface area contributed by atoms with Crippen molar-refractivity contribution in [3.05, 3.63) is 38.2 Å². The highest BCUT2D eigenvalue weighted by Gasteiger charge is 2.34. The molecule has 136 valence electrons. The molecule has 3 aliphatic rings. The largest absolute Gasteiger partial charge is 0.454 e. The van der Waals surface area contributed by atoms with E-state index in [1.165, 1.54) is 10.4 Å². The van der Waals surface area contributed by atoms with Crippen LogP contribution in [0.15, 0.2) is 16.6 Å². The molecule has 6 nitrogen and oxygen atoms in total. The molecule has 26 heavy (non-hydrogen) atoms. The Hall–Kier alpha value is -1.77. The normalized spacial score (nSPS) is 21.0. The van der Waals surface area contributed by atoms with Gasteiger partial charge in [-0.25, -0.2) is 0 Å². The molecule has 0 aliphatic carbocycles. The lowest BCUT2D eigenvalue weighted by atomic mass is 10.0. The van der Waals surface area contributed by atoms with Crippen LogP contribution in [0.2, 0.25) is 0 Å². The zero-order chi connectivity index (χ0) is 17.8. The first-order valence-corrected chi connectivity index (χ1v) is 10.3. The smallest absolute Gasteiger partial charge is 0.256 e. The molecule has 8 heteroatoms. The van der Waals surface area contributed by atoms with E-state index in [0.29, 0.717) is 5.75 Å². The number of carbonyl (C=O) groups is 1. The maximum atomic E-state index is 12.9. The monoisotopic (exact) mass is 435 g/mol. The molecule has 1 aromatic carbocycles. The molecular weight excluding hydrogens is 418 g/mol. The summed E-state index contributed by atoms with van der Waals surface area (Å²) in [6.45, 7) is 5.38. The average Bonchev–Trinajstić information content (AvgIpc) is 3.23. The summed E-state index contributed by atoms with van der Waals surface area (Å²) in [4.78, 5) is 16.6. The summed E-state index contributed by atoms with van der Waals surface area (Å²) in [6.07, 6.45) is 0.629. The van der Waals surface area contributed by atoms with Crippen molar-refractivity contribution in [2.24, 2.45) is 0 Å². The van der Waals surface area contributed by atoms with Crippen LogP contribution in [-0.4, -0.2) is 30.7 Å². The van der Waals surface area contributed by atoms with Gasteiger partial charge >= 0.3 is 0 Å². The van der Waals surface area contributed by atoms with Gasteiger partial charge in [0.1, 0.15) is 11.2 Å². The molecule has 2 aromatic rings. The van der Waals surface area contributed by atoms with Crippen molar-refractivity contribution in [3.8, 4) is 11.5 Å². The van der Waals surface area contributed by atoms with Crippen LogP contribution in [0.25, 0.3) is 0 Å². The summed E-state index contributed by atoms with van der Waals surface area (Å²) >= 11 is 5.29. The maximum Gasteiger partial charge on any atom is 0.256 e. The number of nitrogens with zero attached hydrogens (tertiary/aromatic N) is 1. The van der Waals surface area contributed by atoms with Crippen LogP contribution in [-0.2, 0) is 13.0 Å². The van der Waals surface area contributed by atoms with E-state index in [9.17, 15) is 4.79 Å². The van der Waals surface area contributed by atoms with Crippen molar-refractivity contribution in [1.29, 1.82) is 0 Å². The van der Waals surface area contributed by atoms with Gasteiger partial charge < -0.3 is 20.1 Å². The highest BCUT2D eigenvalue weighted by Crippen LogP contribution is 2.44. The number of likely N-dealkylation sites (N-methyl/N-ethyl adjacent to an activating group) is 1. The lowest BCUT2D eigenvalue weighted by Gasteiger charge is -2.28. The summed E-state index contributed by atoms with van der Waals surface area (Å²) < 4.78 is 11.8. The molecule has 3 aliphatic heterocycles. The summed E-state index contributed by atoms with van der Waals surface area (Å²) in [5.41, 5.74) is 2.96. The van der Waals surface area contributed by atoms with E-state index in [-0.39, 0.29) is 18.9 Å². The molecule has 1 amide bonds. The average molecular weight is 436 g/mol. The highest BCUT2D eigenvalue weighted by atomic mass is 79.9. The van der Waals surface area contributed by atoms with Gasteiger partial charge in [0.15, 0.2) is 11.5 Å². The number of amides is 1. The Kier molecular flexibility index (Phi) is 3.88. The Morgan fingerprint density at radius 3 is 2.92 bits per heavy atom. The second-order valence-electron chi connectivity index (χ2n) is 6.60. The molecule has 0 saturated heterocycles. The summed E-state index contributed by atoms with van der Waals surface area (Å²) in [7, 11) is 0. The van der Waals surface area contributed by atoms with Gasteiger partial charge in [0.2, 0.25) is 6.79 Å². The third-order valence-corrected chi connectivity index (χ3v) is 7.00. The Morgan fingerprint density at radius 1 is 1.31 bits per heavy atom. The number of halogens is 1. The van der Waals surface area contributed by atoms with Crippen LogP contribution >= 0.6 is 27.3 Å². The SMILES string of the molecule is CCN1CCc2c(sc3c2C(=O)N[C@@H](c2cc4c(cc2Br)OCO4)N3)C1. The van der Waals surface area contributed by atoms with Crippen molar-refractivity contribution in [2.45, 2.75) is 26.1 Å². The van der Waals surface area contributed by atoms with Crippen molar-refractivity contribution < 1.29 is 14.3 Å². The Morgan fingerprint density at radius 2 is 2.12 bits per heavy atom. The van der Waals surface area contributed by atoms with Gasteiger partial charge in [0.25, 0.3) is 5.91 Å². The quantitative estimate of drug-likeness (QED) is 0.755. The maximum absolute atomic E-state index is 12.9. The van der Waals surface area contributed by atoms with Gasteiger partial charge in [0.05, 0.1) is 5.56 Å². The lowest BCUT2D eigenvalue weighted by molar-refractivity contribution is 0.0934. The molecule has 0 radical (unpaired) electrons. The predicted molar refractivity (Wildman–Crippen MR) is 103 cm³/mol. The molecule has 1 aromatic heterocycles. The van der Waals surface area contributed by atoms with Crippen molar-refractivity contribution in [2.75, 3.05) is 25.2 Å². The topological polar surface area (TPSA) is 62.8 Å². The molecule has 1 atom stereocenters. The lowest BCUT2D eigenvalue weighted by Crippen LogP contribution is -2.39. The number of carbonyl (C=O) groups excluding carboxylic acids is 1. The van der Waals surface area contributed by atoms with Gasteiger partial charge in [-0.3, -0.25) is 9.69 Å². The second-order valence-corrected chi connectivity index (χ2v) is 8.56. The van der Waals surface area contributed by atoms with E-state index in [1.54, 1.807) is 11.3 Å². The molecule has 5 rings (SSSR count). The van der Waals surface area contributed by atoms with E-state index < -0.39 is 0 Å². The van der Waals surface area contributed by atoms with Crippen LogP contribution < -0.4 is 20.1 Å². The first-order chi connectivity index (χ1) is 12.6. The minimum atomic E-state index is -0.304. The van der Waals surface area contributed by atoms with Crippen molar-refractivity contribution in [1.82, 2.24) is 10.2 Å². The summed E-state index contributed by atoms with van der Waals surface area (Å²) in [5.74, 6) is 1.42. The van der Waals surface area contributed by atoms with Crippen molar-refractivity contribution >= 4 is 38.2 Å². The van der Waals surface area contributed by atoms with E-state index in [0.717, 1.165) is 52.4 Å². The van der Waals surface area contributed by atoms with Crippen LogP contribution in [0.3, 0.4) is 0 Å². The molecule has 2 N–H and O–H groups in total. The fraction of sp³-hybridized carbons (Fsp3) is 0.389. The van der Waals surface area contributed by atoms with E-state index in [1.807, 2.05) is 12.1 Å². The third-order valence-electron chi connectivity index (χ3n) is 5.16. The van der Waals surface area contributed by atoms with Crippen molar-refractivity contribution in [3.63, 3.8) is 0 Å². The van der Waals surface area contributed by atoms with Crippen LogP contribution in [0, 0.1) is 0 Å². The van der Waals surface area contributed by atoms with Gasteiger partial charge in [0, 0.05) is 28.0 Å². The molecular formula is C18H18BrN3O3S. The molecule has 0 unspecified atom stereocenters. The number of anilines is 1. The Balaban J connectivity index is 1.50. The third kappa shape index (κ3) is 2.51. The standard InChI is InChI=1S/C18H18BrN3O3S/c1-2-22-4-3-9-14(7-22)26-18-15(9)17(23)20-16(21-18)10-5-12-13(6-11(10)19)25-8-24-12/h5-6,16,21H,2-4,7-8H2,1H3,(H,20,23)/t16-/m1/s1. The zero-order valence-electron chi connectivity index (χ0n) is 14.2. The first kappa shape index (κ1) is 16.4. The number of hydrogen-bond donors (Lipinski definition) is 2. The Bertz CT molecular complexity index is 914. The highest BCUT2D eigenvalue weighted by molar-refractivity contribution is 9.10. The number of nitrogens with one attached hydrogen (secondary N) is 2. The number of thiophene rings is 1. The van der Waals surface area contributed by atoms with Gasteiger partial charge in [-0.2, -0.15) is 0 Å². The van der Waals surface area contributed by atoms with E-state index in [2.05, 4.69) is 38.4 Å². The molecule has 0 fully saturated rings.